The van der Waals surface area contributed by atoms with E-state index in [1.807, 2.05) is 18.2 Å². The third-order valence-corrected chi connectivity index (χ3v) is 6.97. The monoisotopic (exact) mass is 443 g/mol. The van der Waals surface area contributed by atoms with Crippen molar-refractivity contribution in [1.82, 2.24) is 4.98 Å². The van der Waals surface area contributed by atoms with E-state index in [1.54, 1.807) is 18.2 Å². The van der Waals surface area contributed by atoms with Crippen molar-refractivity contribution in [3.8, 4) is 11.3 Å². The van der Waals surface area contributed by atoms with E-state index >= 15 is 0 Å². The first kappa shape index (κ1) is 18.5. The fraction of sp³-hybridized carbons (Fsp3) is 0.211. The van der Waals surface area contributed by atoms with Gasteiger partial charge in [0.1, 0.15) is 5.01 Å². The van der Waals surface area contributed by atoms with Crippen LogP contribution in [0.15, 0.2) is 36.4 Å². The lowest BCUT2D eigenvalue weighted by Gasteiger charge is -2.14. The number of hydrogen-bond donors (Lipinski definition) is 1. The maximum Gasteiger partial charge on any atom is 0.104 e. The summed E-state index contributed by atoms with van der Waals surface area (Å²) in [5.74, 6) is 0. The fourth-order valence-electron chi connectivity index (χ4n) is 3.16. The zero-order valence-electron chi connectivity index (χ0n) is 13.4. The Morgan fingerprint density at radius 3 is 2.19 bits per heavy atom. The zero-order chi connectivity index (χ0) is 18.5. The lowest BCUT2D eigenvalue weighted by Crippen LogP contribution is -2.09. The molecule has 0 saturated heterocycles. The van der Waals surface area contributed by atoms with Crippen LogP contribution in [0.25, 0.3) is 11.3 Å². The highest BCUT2D eigenvalue weighted by molar-refractivity contribution is 7.12. The average Bonchev–Trinajstić information content (AvgIpc) is 3.27. The van der Waals surface area contributed by atoms with Crippen LogP contribution in [0.1, 0.15) is 28.3 Å². The molecule has 1 aliphatic rings. The first-order valence-corrected chi connectivity index (χ1v) is 10.3. The molecule has 4 rings (SSSR count). The van der Waals surface area contributed by atoms with Gasteiger partial charge in [0, 0.05) is 26.0 Å². The van der Waals surface area contributed by atoms with Crippen LogP contribution in [0, 0.1) is 0 Å². The molecule has 0 amide bonds. The van der Waals surface area contributed by atoms with E-state index in [1.165, 1.54) is 11.3 Å². The molecule has 2 aromatic carbocycles. The number of rotatable bonds is 4. The summed E-state index contributed by atoms with van der Waals surface area (Å²) in [6.07, 6.45) is 1.92. The average molecular weight is 445 g/mol. The molecular formula is C19H13Cl4NOS. The summed E-state index contributed by atoms with van der Waals surface area (Å²) >= 11 is 26.3. The van der Waals surface area contributed by atoms with Crippen molar-refractivity contribution < 1.29 is 5.11 Å². The van der Waals surface area contributed by atoms with Crippen LogP contribution in [0.5, 0.6) is 0 Å². The van der Waals surface area contributed by atoms with Gasteiger partial charge >= 0.3 is 0 Å². The Kier molecular flexibility index (Phi) is 4.98. The predicted octanol–water partition coefficient (Wildman–Crippen LogP) is 7.00. The van der Waals surface area contributed by atoms with E-state index in [0.717, 1.165) is 33.9 Å². The van der Waals surface area contributed by atoms with E-state index in [-0.39, 0.29) is 12.0 Å². The normalized spacial score (nSPS) is 15.3. The SMILES string of the molecule is OCc1sc(C2(c3ccc(Cl)cc3Cl)CC2)nc1-c1ccc(Cl)cc1Cl. The maximum atomic E-state index is 9.84. The van der Waals surface area contributed by atoms with E-state index < -0.39 is 0 Å². The number of hydrogen-bond acceptors (Lipinski definition) is 3. The smallest absolute Gasteiger partial charge is 0.104 e. The van der Waals surface area contributed by atoms with E-state index in [2.05, 4.69) is 0 Å². The van der Waals surface area contributed by atoms with Gasteiger partial charge < -0.3 is 5.11 Å². The molecule has 0 spiro atoms. The van der Waals surface area contributed by atoms with E-state index in [9.17, 15) is 5.11 Å². The van der Waals surface area contributed by atoms with Gasteiger partial charge in [-0.1, -0.05) is 52.5 Å². The van der Waals surface area contributed by atoms with Gasteiger partial charge in [-0.15, -0.1) is 11.3 Å². The molecule has 26 heavy (non-hydrogen) atoms. The van der Waals surface area contributed by atoms with Crippen LogP contribution in [0.4, 0.5) is 0 Å². The summed E-state index contributed by atoms with van der Waals surface area (Å²) < 4.78 is 0. The highest BCUT2D eigenvalue weighted by Crippen LogP contribution is 2.57. The van der Waals surface area contributed by atoms with Crippen molar-refractivity contribution in [3.63, 3.8) is 0 Å². The first-order valence-electron chi connectivity index (χ1n) is 7.96. The van der Waals surface area contributed by atoms with E-state index in [4.69, 9.17) is 51.4 Å². The number of aliphatic hydroxyl groups excluding tert-OH is 1. The van der Waals surface area contributed by atoms with Gasteiger partial charge in [-0.2, -0.15) is 0 Å². The molecule has 1 saturated carbocycles. The van der Waals surface area contributed by atoms with Crippen LogP contribution < -0.4 is 0 Å². The molecule has 0 bridgehead atoms. The Hall–Kier alpha value is -0.810. The van der Waals surface area contributed by atoms with E-state index in [0.29, 0.717) is 25.8 Å². The number of benzene rings is 2. The fourth-order valence-corrected chi connectivity index (χ4v) is 5.44. The molecule has 1 heterocycles. The maximum absolute atomic E-state index is 9.84. The molecule has 3 aromatic rings. The highest BCUT2D eigenvalue weighted by Gasteiger charge is 2.50. The molecule has 0 atom stereocenters. The second-order valence-corrected chi connectivity index (χ2v) is 9.05. The summed E-state index contributed by atoms with van der Waals surface area (Å²) in [6.45, 7) is -0.101. The minimum absolute atomic E-state index is 0.101. The number of aliphatic hydroxyl groups is 1. The summed E-state index contributed by atoms with van der Waals surface area (Å²) in [7, 11) is 0. The minimum Gasteiger partial charge on any atom is -0.391 e. The van der Waals surface area contributed by atoms with Crippen LogP contribution in [0.3, 0.4) is 0 Å². The second-order valence-electron chi connectivity index (χ2n) is 6.28. The quantitative estimate of drug-likeness (QED) is 0.470. The number of nitrogens with zero attached hydrogens (tertiary/aromatic N) is 1. The van der Waals surface area contributed by atoms with Gasteiger partial charge in [-0.25, -0.2) is 4.98 Å². The lowest BCUT2D eigenvalue weighted by molar-refractivity contribution is 0.286. The van der Waals surface area contributed by atoms with Crippen molar-refractivity contribution in [2.24, 2.45) is 0 Å². The van der Waals surface area contributed by atoms with Gasteiger partial charge in [0.05, 0.1) is 22.2 Å². The summed E-state index contributed by atoms with van der Waals surface area (Å²) in [5, 5.41) is 13.1. The molecule has 2 nitrogen and oxygen atoms in total. The number of thiazole rings is 1. The highest BCUT2D eigenvalue weighted by atomic mass is 35.5. The van der Waals surface area contributed by atoms with Gasteiger partial charge in [0.15, 0.2) is 0 Å². The molecule has 1 aromatic heterocycles. The molecular weight excluding hydrogens is 432 g/mol. The van der Waals surface area contributed by atoms with Gasteiger partial charge in [-0.3, -0.25) is 0 Å². The summed E-state index contributed by atoms with van der Waals surface area (Å²) in [5.41, 5.74) is 2.27. The summed E-state index contributed by atoms with van der Waals surface area (Å²) in [4.78, 5) is 5.63. The molecule has 0 unspecified atom stereocenters. The van der Waals surface area contributed by atoms with Crippen LogP contribution in [0.2, 0.25) is 20.1 Å². The van der Waals surface area contributed by atoms with Crippen molar-refractivity contribution in [1.29, 1.82) is 0 Å². The van der Waals surface area contributed by atoms with Crippen LogP contribution >= 0.6 is 57.7 Å². The van der Waals surface area contributed by atoms with Gasteiger partial charge in [0.25, 0.3) is 0 Å². The molecule has 0 radical (unpaired) electrons. The molecule has 7 heteroatoms. The number of aromatic nitrogens is 1. The summed E-state index contributed by atoms with van der Waals surface area (Å²) in [6, 6.07) is 10.9. The Labute approximate surface area is 175 Å². The standard InChI is InChI=1S/C19H13Cl4NOS/c20-10-1-3-12(14(22)7-10)17-16(9-25)26-18(24-17)19(5-6-19)13-4-2-11(21)8-15(13)23/h1-4,7-8,25H,5-6,9H2. The Bertz CT molecular complexity index is 997. The van der Waals surface area contributed by atoms with Gasteiger partial charge in [-0.05, 0) is 48.7 Å². The second kappa shape index (κ2) is 6.97. The van der Waals surface area contributed by atoms with Crippen LogP contribution in [-0.4, -0.2) is 10.1 Å². The molecule has 1 N–H and O–H groups in total. The third kappa shape index (κ3) is 3.15. The topological polar surface area (TPSA) is 33.1 Å². The molecule has 1 fully saturated rings. The minimum atomic E-state index is -0.215. The first-order chi connectivity index (χ1) is 12.4. The number of halogens is 4. The zero-order valence-corrected chi connectivity index (χ0v) is 17.2. The van der Waals surface area contributed by atoms with Crippen LogP contribution in [-0.2, 0) is 12.0 Å². The van der Waals surface area contributed by atoms with Crippen molar-refractivity contribution in [2.75, 3.05) is 0 Å². The molecule has 134 valence electrons. The largest absolute Gasteiger partial charge is 0.391 e. The van der Waals surface area contributed by atoms with Crippen molar-refractivity contribution in [2.45, 2.75) is 24.9 Å². The third-order valence-electron chi connectivity index (χ3n) is 4.63. The molecule has 1 aliphatic carbocycles. The lowest BCUT2D eigenvalue weighted by atomic mass is 9.96. The Balaban J connectivity index is 1.83. The predicted molar refractivity (Wildman–Crippen MR) is 110 cm³/mol. The Morgan fingerprint density at radius 2 is 1.62 bits per heavy atom. The van der Waals surface area contributed by atoms with Crippen molar-refractivity contribution in [3.05, 3.63) is 71.9 Å². The van der Waals surface area contributed by atoms with Gasteiger partial charge in [0.2, 0.25) is 0 Å². The molecule has 0 aliphatic heterocycles. The Morgan fingerprint density at radius 1 is 0.962 bits per heavy atom. The van der Waals surface area contributed by atoms with Crippen molar-refractivity contribution >= 4 is 57.7 Å².